The molecule has 3 N–H and O–H groups in total. The molecule has 154 valence electrons. The molecule has 0 heterocycles. The lowest BCUT2D eigenvalue weighted by Gasteiger charge is -2.12. The normalized spacial score (nSPS) is 10.3. The molecular weight excluding hydrogens is 398 g/mol. The van der Waals surface area contributed by atoms with Crippen molar-refractivity contribution in [3.63, 3.8) is 0 Å². The summed E-state index contributed by atoms with van der Waals surface area (Å²) in [7, 11) is 0. The van der Waals surface area contributed by atoms with Gasteiger partial charge in [-0.25, -0.2) is 0 Å². The lowest BCUT2D eigenvalue weighted by atomic mass is 10.0. The van der Waals surface area contributed by atoms with Gasteiger partial charge in [-0.3, -0.25) is 20.4 Å². The standard InChI is InChI=1S/C23H23N3O3S/c1-15-10-16(2)12-19(11-15)29-14-22(28)25-26-23(30)24-21(27)13-18-8-5-7-17-6-3-4-9-20(17)18/h3-12H,13-14H2,1-2H3,(H,25,28)(H2,24,26,27,30). The molecular formula is C23H23N3O3S. The van der Waals surface area contributed by atoms with Crippen molar-refractivity contribution in [1.29, 1.82) is 0 Å². The number of nitrogens with one attached hydrogen (secondary N) is 3. The second-order valence-electron chi connectivity index (χ2n) is 6.98. The van der Waals surface area contributed by atoms with Gasteiger partial charge in [0.15, 0.2) is 11.7 Å². The number of rotatable bonds is 5. The fourth-order valence-electron chi connectivity index (χ4n) is 3.15. The molecule has 0 aliphatic heterocycles. The van der Waals surface area contributed by atoms with Gasteiger partial charge in [-0.1, -0.05) is 48.5 Å². The zero-order chi connectivity index (χ0) is 21.5. The zero-order valence-electron chi connectivity index (χ0n) is 16.8. The number of hydrogen-bond acceptors (Lipinski definition) is 4. The number of hydrazine groups is 1. The van der Waals surface area contributed by atoms with Crippen LogP contribution in [0.15, 0.2) is 60.7 Å². The number of hydrogen-bond donors (Lipinski definition) is 3. The first-order valence-corrected chi connectivity index (χ1v) is 9.88. The number of aryl methyl sites for hydroxylation is 2. The molecule has 6 nitrogen and oxygen atoms in total. The van der Waals surface area contributed by atoms with Crippen molar-refractivity contribution in [3.8, 4) is 5.75 Å². The molecule has 3 aromatic carbocycles. The van der Waals surface area contributed by atoms with E-state index in [-0.39, 0.29) is 24.0 Å². The molecule has 0 spiro atoms. The van der Waals surface area contributed by atoms with Crippen LogP contribution in [0.2, 0.25) is 0 Å². The van der Waals surface area contributed by atoms with E-state index in [0.29, 0.717) is 5.75 Å². The van der Waals surface area contributed by atoms with Crippen molar-refractivity contribution in [2.24, 2.45) is 0 Å². The van der Waals surface area contributed by atoms with E-state index >= 15 is 0 Å². The van der Waals surface area contributed by atoms with Crippen LogP contribution in [0, 0.1) is 13.8 Å². The van der Waals surface area contributed by atoms with Crippen LogP contribution < -0.4 is 20.9 Å². The molecule has 3 rings (SSSR count). The average Bonchev–Trinajstić information content (AvgIpc) is 2.70. The van der Waals surface area contributed by atoms with Gasteiger partial charge in [0, 0.05) is 0 Å². The Morgan fingerprint density at radius 1 is 0.900 bits per heavy atom. The van der Waals surface area contributed by atoms with Gasteiger partial charge in [-0.05, 0) is 65.7 Å². The Balaban J connectivity index is 1.44. The number of amides is 2. The Kier molecular flexibility index (Phi) is 6.98. The van der Waals surface area contributed by atoms with Gasteiger partial charge >= 0.3 is 0 Å². The lowest BCUT2D eigenvalue weighted by Crippen LogP contribution is -2.49. The maximum Gasteiger partial charge on any atom is 0.276 e. The van der Waals surface area contributed by atoms with Gasteiger partial charge in [0.05, 0.1) is 6.42 Å². The summed E-state index contributed by atoms with van der Waals surface area (Å²) in [5, 5.41) is 4.67. The van der Waals surface area contributed by atoms with Gasteiger partial charge < -0.3 is 10.1 Å². The van der Waals surface area contributed by atoms with E-state index in [4.69, 9.17) is 17.0 Å². The first-order chi connectivity index (χ1) is 14.4. The summed E-state index contributed by atoms with van der Waals surface area (Å²) in [6.07, 6.45) is 0.174. The number of carbonyl (C=O) groups excluding carboxylic acids is 2. The Morgan fingerprint density at radius 3 is 2.37 bits per heavy atom. The molecule has 0 bridgehead atoms. The highest BCUT2D eigenvalue weighted by molar-refractivity contribution is 7.80. The van der Waals surface area contributed by atoms with Crippen molar-refractivity contribution in [2.75, 3.05) is 6.61 Å². The zero-order valence-corrected chi connectivity index (χ0v) is 17.6. The summed E-state index contributed by atoms with van der Waals surface area (Å²) in [5.74, 6) is -0.0713. The number of thiocarbonyl (C=S) groups is 1. The molecule has 0 saturated carbocycles. The van der Waals surface area contributed by atoms with Crippen LogP contribution in [0.4, 0.5) is 0 Å². The van der Waals surface area contributed by atoms with E-state index < -0.39 is 5.91 Å². The highest BCUT2D eigenvalue weighted by Crippen LogP contribution is 2.19. The van der Waals surface area contributed by atoms with Crippen LogP contribution in [0.3, 0.4) is 0 Å². The number of carbonyl (C=O) groups is 2. The van der Waals surface area contributed by atoms with Gasteiger partial charge in [0.2, 0.25) is 5.91 Å². The van der Waals surface area contributed by atoms with Gasteiger partial charge in [0.1, 0.15) is 5.75 Å². The van der Waals surface area contributed by atoms with E-state index in [1.165, 1.54) is 0 Å². The number of fused-ring (bicyclic) bond motifs is 1. The smallest absolute Gasteiger partial charge is 0.276 e. The van der Waals surface area contributed by atoms with Gasteiger partial charge in [-0.15, -0.1) is 0 Å². The summed E-state index contributed by atoms with van der Waals surface area (Å²) in [6.45, 7) is 3.74. The topological polar surface area (TPSA) is 79.5 Å². The molecule has 7 heteroatoms. The average molecular weight is 422 g/mol. The van der Waals surface area contributed by atoms with E-state index in [2.05, 4.69) is 16.2 Å². The van der Waals surface area contributed by atoms with E-state index in [0.717, 1.165) is 27.5 Å². The quantitative estimate of drug-likeness (QED) is 0.436. The minimum absolute atomic E-state index is 0.0139. The molecule has 0 aromatic heterocycles. The Hall–Kier alpha value is -3.45. The molecule has 0 aliphatic rings. The lowest BCUT2D eigenvalue weighted by molar-refractivity contribution is -0.124. The van der Waals surface area contributed by atoms with E-state index in [1.54, 1.807) is 0 Å². The van der Waals surface area contributed by atoms with Crippen LogP contribution in [0.25, 0.3) is 10.8 Å². The highest BCUT2D eigenvalue weighted by atomic mass is 32.1. The van der Waals surface area contributed by atoms with Gasteiger partial charge in [0.25, 0.3) is 5.91 Å². The minimum atomic E-state index is -0.417. The first-order valence-electron chi connectivity index (χ1n) is 9.47. The molecule has 0 aliphatic carbocycles. The van der Waals surface area contributed by atoms with E-state index in [9.17, 15) is 9.59 Å². The summed E-state index contributed by atoms with van der Waals surface area (Å²) in [4.78, 5) is 24.3. The second-order valence-corrected chi connectivity index (χ2v) is 7.39. The third-order valence-corrected chi connectivity index (χ3v) is 4.57. The Morgan fingerprint density at radius 2 is 1.60 bits per heavy atom. The summed E-state index contributed by atoms with van der Waals surface area (Å²) in [6, 6.07) is 19.4. The van der Waals surface area contributed by atoms with Crippen molar-refractivity contribution in [1.82, 2.24) is 16.2 Å². The third kappa shape index (κ3) is 6.02. The predicted octanol–water partition coefficient (Wildman–Crippen LogP) is 3.10. The largest absolute Gasteiger partial charge is 0.484 e. The molecule has 0 fully saturated rings. The number of ether oxygens (including phenoxy) is 1. The van der Waals surface area contributed by atoms with Crippen LogP contribution in [0.5, 0.6) is 5.75 Å². The third-order valence-electron chi connectivity index (χ3n) is 4.36. The Bertz CT molecular complexity index is 1070. The maximum atomic E-state index is 12.3. The van der Waals surface area contributed by atoms with Crippen molar-refractivity contribution >= 4 is 39.9 Å². The van der Waals surface area contributed by atoms with Crippen LogP contribution in [-0.2, 0) is 16.0 Å². The van der Waals surface area contributed by atoms with Crippen LogP contribution >= 0.6 is 12.2 Å². The molecule has 0 unspecified atom stereocenters. The van der Waals surface area contributed by atoms with E-state index in [1.807, 2.05) is 74.5 Å². The maximum absolute atomic E-state index is 12.3. The molecule has 0 saturated heterocycles. The molecule has 2 amide bonds. The highest BCUT2D eigenvalue weighted by Gasteiger charge is 2.10. The first kappa shape index (κ1) is 21.3. The van der Waals surface area contributed by atoms with Crippen LogP contribution in [0.1, 0.15) is 16.7 Å². The second kappa shape index (κ2) is 9.84. The minimum Gasteiger partial charge on any atom is -0.484 e. The fourth-order valence-corrected chi connectivity index (χ4v) is 3.31. The molecule has 3 aromatic rings. The van der Waals surface area contributed by atoms with Gasteiger partial charge in [-0.2, -0.15) is 0 Å². The summed E-state index contributed by atoms with van der Waals surface area (Å²) >= 11 is 5.07. The summed E-state index contributed by atoms with van der Waals surface area (Å²) < 4.78 is 5.48. The number of benzene rings is 3. The predicted molar refractivity (Wildman–Crippen MR) is 121 cm³/mol. The molecule has 30 heavy (non-hydrogen) atoms. The van der Waals surface area contributed by atoms with Crippen molar-refractivity contribution in [3.05, 3.63) is 77.4 Å². The van der Waals surface area contributed by atoms with Crippen LogP contribution in [-0.4, -0.2) is 23.5 Å². The SMILES string of the molecule is Cc1cc(C)cc(OCC(=O)NNC(=S)NC(=O)Cc2cccc3ccccc23)c1. The van der Waals surface area contributed by atoms with Crippen molar-refractivity contribution in [2.45, 2.75) is 20.3 Å². The summed E-state index contributed by atoms with van der Waals surface area (Å²) in [5.41, 5.74) is 7.94. The Labute approximate surface area is 180 Å². The monoisotopic (exact) mass is 421 g/mol. The molecule has 0 radical (unpaired) electrons. The van der Waals surface area contributed by atoms with Crippen molar-refractivity contribution < 1.29 is 14.3 Å². The fraction of sp³-hybridized carbons (Fsp3) is 0.174. The molecule has 0 atom stereocenters.